The highest BCUT2D eigenvalue weighted by Crippen LogP contribution is 2.17. The van der Waals surface area contributed by atoms with Crippen molar-refractivity contribution in [1.82, 2.24) is 15.2 Å². The van der Waals surface area contributed by atoms with E-state index in [1.54, 1.807) is 0 Å². The maximum Gasteiger partial charge on any atom is 0.181 e. The molecule has 6 heteroatoms. The lowest BCUT2D eigenvalue weighted by molar-refractivity contribution is 0.584. The molecule has 1 aromatic heterocycles. The first-order chi connectivity index (χ1) is 7.69. The van der Waals surface area contributed by atoms with Crippen LogP contribution < -0.4 is 5.73 Å². The molecule has 0 bridgehead atoms. The van der Waals surface area contributed by atoms with Gasteiger partial charge in [-0.05, 0) is 18.7 Å². The monoisotopic (exact) mass is 224 g/mol. The average molecular weight is 224 g/mol. The Hall–Kier alpha value is -1.82. The van der Waals surface area contributed by atoms with Crippen molar-refractivity contribution in [2.45, 2.75) is 6.42 Å². The number of H-pyrrole nitrogens is 1. The van der Waals surface area contributed by atoms with Crippen molar-refractivity contribution >= 4 is 0 Å². The maximum atomic E-state index is 12.9. The summed E-state index contributed by atoms with van der Waals surface area (Å²) >= 11 is 0. The van der Waals surface area contributed by atoms with E-state index in [0.29, 0.717) is 24.4 Å². The number of aromatic nitrogens is 3. The normalized spacial score (nSPS) is 10.7. The van der Waals surface area contributed by atoms with Crippen LogP contribution in [0.15, 0.2) is 18.2 Å². The fourth-order valence-electron chi connectivity index (χ4n) is 1.36. The van der Waals surface area contributed by atoms with E-state index < -0.39 is 11.6 Å². The molecule has 1 aromatic carbocycles. The summed E-state index contributed by atoms with van der Waals surface area (Å²) in [5.74, 6) is -0.440. The molecule has 0 saturated carbocycles. The quantitative estimate of drug-likeness (QED) is 0.824. The van der Waals surface area contributed by atoms with Crippen LogP contribution in [-0.2, 0) is 6.42 Å². The molecule has 0 saturated heterocycles. The minimum atomic E-state index is -0.653. The van der Waals surface area contributed by atoms with Gasteiger partial charge in [0.05, 0.1) is 0 Å². The van der Waals surface area contributed by atoms with E-state index >= 15 is 0 Å². The Morgan fingerprint density at radius 1 is 1.19 bits per heavy atom. The van der Waals surface area contributed by atoms with Gasteiger partial charge in [0.15, 0.2) is 5.82 Å². The van der Waals surface area contributed by atoms with Gasteiger partial charge in [-0.25, -0.2) is 13.8 Å². The number of nitrogens with two attached hydrogens (primary N) is 1. The number of hydrogen-bond donors (Lipinski definition) is 2. The minimum Gasteiger partial charge on any atom is -0.330 e. The molecule has 0 aliphatic rings. The van der Waals surface area contributed by atoms with Gasteiger partial charge in [0, 0.05) is 18.1 Å². The number of hydrogen-bond acceptors (Lipinski definition) is 3. The predicted molar refractivity (Wildman–Crippen MR) is 54.5 cm³/mol. The van der Waals surface area contributed by atoms with E-state index in [2.05, 4.69) is 15.2 Å². The third-order valence-electron chi connectivity index (χ3n) is 2.03. The molecular formula is C10H10F2N4. The van der Waals surface area contributed by atoms with Crippen LogP contribution in [0.25, 0.3) is 11.4 Å². The number of halogens is 2. The summed E-state index contributed by atoms with van der Waals surface area (Å²) in [4.78, 5) is 4.07. The molecule has 0 atom stereocenters. The van der Waals surface area contributed by atoms with Gasteiger partial charge >= 0.3 is 0 Å². The lowest BCUT2D eigenvalue weighted by Gasteiger charge is -1.96. The van der Waals surface area contributed by atoms with E-state index in [-0.39, 0.29) is 5.82 Å². The summed E-state index contributed by atoms with van der Waals surface area (Å²) < 4.78 is 25.9. The van der Waals surface area contributed by atoms with Gasteiger partial charge in [-0.2, -0.15) is 5.10 Å². The zero-order chi connectivity index (χ0) is 11.5. The smallest absolute Gasteiger partial charge is 0.181 e. The minimum absolute atomic E-state index is 0.266. The summed E-state index contributed by atoms with van der Waals surface area (Å²) in [5, 5.41) is 6.52. The summed E-state index contributed by atoms with van der Waals surface area (Å²) in [5.41, 5.74) is 5.65. The van der Waals surface area contributed by atoms with Gasteiger partial charge in [-0.1, -0.05) is 0 Å². The topological polar surface area (TPSA) is 67.6 Å². The number of aromatic amines is 1. The van der Waals surface area contributed by atoms with Crippen molar-refractivity contribution in [2.24, 2.45) is 5.73 Å². The Bertz CT molecular complexity index is 475. The number of nitrogens with zero attached hydrogens (tertiary/aromatic N) is 2. The molecule has 1 heterocycles. The van der Waals surface area contributed by atoms with Crippen LogP contribution in [0.3, 0.4) is 0 Å². The van der Waals surface area contributed by atoms with Gasteiger partial charge in [0.25, 0.3) is 0 Å². The molecule has 0 radical (unpaired) electrons. The second kappa shape index (κ2) is 4.36. The SMILES string of the molecule is NCCc1nc(-c2cc(F)cc(F)c2)n[nH]1. The van der Waals surface area contributed by atoms with Gasteiger partial charge < -0.3 is 5.73 Å². The molecule has 2 rings (SSSR count). The Morgan fingerprint density at radius 2 is 1.88 bits per heavy atom. The van der Waals surface area contributed by atoms with Crippen molar-refractivity contribution in [2.75, 3.05) is 6.54 Å². The van der Waals surface area contributed by atoms with Crippen molar-refractivity contribution in [1.29, 1.82) is 0 Å². The molecule has 0 unspecified atom stereocenters. The van der Waals surface area contributed by atoms with Crippen molar-refractivity contribution in [3.63, 3.8) is 0 Å². The van der Waals surface area contributed by atoms with E-state index in [9.17, 15) is 8.78 Å². The van der Waals surface area contributed by atoms with Gasteiger partial charge in [-0.3, -0.25) is 5.10 Å². The first-order valence-electron chi connectivity index (χ1n) is 4.77. The number of rotatable bonds is 3. The fourth-order valence-corrected chi connectivity index (χ4v) is 1.36. The molecule has 2 aromatic rings. The van der Waals surface area contributed by atoms with E-state index in [1.807, 2.05) is 0 Å². The second-order valence-corrected chi connectivity index (χ2v) is 3.30. The molecule has 84 valence electrons. The van der Waals surface area contributed by atoms with Crippen molar-refractivity contribution in [3.8, 4) is 11.4 Å². The summed E-state index contributed by atoms with van der Waals surface area (Å²) in [6.45, 7) is 0.437. The third kappa shape index (κ3) is 2.22. The van der Waals surface area contributed by atoms with Crippen LogP contribution in [-0.4, -0.2) is 21.7 Å². The third-order valence-corrected chi connectivity index (χ3v) is 2.03. The lowest BCUT2D eigenvalue weighted by atomic mass is 10.2. The number of benzene rings is 1. The zero-order valence-electron chi connectivity index (χ0n) is 8.37. The van der Waals surface area contributed by atoms with Crippen LogP contribution >= 0.6 is 0 Å². The van der Waals surface area contributed by atoms with Crippen molar-refractivity contribution in [3.05, 3.63) is 35.7 Å². The highest BCUT2D eigenvalue weighted by Gasteiger charge is 2.08. The lowest BCUT2D eigenvalue weighted by Crippen LogP contribution is -2.03. The maximum absolute atomic E-state index is 12.9. The summed E-state index contributed by atoms with van der Waals surface area (Å²) in [6, 6.07) is 3.16. The first kappa shape index (κ1) is 10.7. The molecular weight excluding hydrogens is 214 g/mol. The Balaban J connectivity index is 2.34. The standard InChI is InChI=1S/C10H10F2N4/c11-7-3-6(4-8(12)5-7)10-14-9(1-2-13)15-16-10/h3-5H,1-2,13H2,(H,14,15,16). The van der Waals surface area contributed by atoms with E-state index in [1.165, 1.54) is 12.1 Å². The molecule has 4 nitrogen and oxygen atoms in total. The second-order valence-electron chi connectivity index (χ2n) is 3.30. The van der Waals surface area contributed by atoms with Crippen LogP contribution in [0.1, 0.15) is 5.82 Å². The fraction of sp³-hybridized carbons (Fsp3) is 0.200. The van der Waals surface area contributed by atoms with Gasteiger partial charge in [-0.15, -0.1) is 0 Å². The Kier molecular flexibility index (Phi) is 2.91. The van der Waals surface area contributed by atoms with Crippen LogP contribution in [0, 0.1) is 11.6 Å². The van der Waals surface area contributed by atoms with Crippen LogP contribution in [0.2, 0.25) is 0 Å². The van der Waals surface area contributed by atoms with Gasteiger partial charge in [0.1, 0.15) is 17.5 Å². The van der Waals surface area contributed by atoms with E-state index in [0.717, 1.165) is 6.07 Å². The predicted octanol–water partition coefficient (Wildman–Crippen LogP) is 1.25. The highest BCUT2D eigenvalue weighted by molar-refractivity contribution is 5.54. The Labute approximate surface area is 90.5 Å². The number of nitrogens with one attached hydrogen (secondary N) is 1. The van der Waals surface area contributed by atoms with Gasteiger partial charge in [0.2, 0.25) is 0 Å². The van der Waals surface area contributed by atoms with Crippen LogP contribution in [0.4, 0.5) is 8.78 Å². The Morgan fingerprint density at radius 3 is 2.50 bits per heavy atom. The zero-order valence-corrected chi connectivity index (χ0v) is 8.37. The largest absolute Gasteiger partial charge is 0.330 e. The summed E-state index contributed by atoms with van der Waals surface area (Å²) in [6.07, 6.45) is 0.546. The molecule has 0 aliphatic heterocycles. The molecule has 0 aliphatic carbocycles. The van der Waals surface area contributed by atoms with Crippen molar-refractivity contribution < 1.29 is 8.78 Å². The molecule has 3 N–H and O–H groups in total. The van der Waals surface area contributed by atoms with Crippen LogP contribution in [0.5, 0.6) is 0 Å². The molecule has 0 fully saturated rings. The summed E-state index contributed by atoms with van der Waals surface area (Å²) in [7, 11) is 0. The van der Waals surface area contributed by atoms with E-state index in [4.69, 9.17) is 5.73 Å². The molecule has 0 amide bonds. The molecule has 16 heavy (non-hydrogen) atoms. The first-order valence-corrected chi connectivity index (χ1v) is 4.77. The molecule has 0 spiro atoms. The average Bonchev–Trinajstić information content (AvgIpc) is 2.65. The highest BCUT2D eigenvalue weighted by atomic mass is 19.1.